The molecule has 4 rings (SSSR count). The molecule has 1 saturated heterocycles. The molecule has 0 N–H and O–H groups in total. The van der Waals surface area contributed by atoms with E-state index in [4.69, 9.17) is 0 Å². The minimum absolute atomic E-state index is 0.0441. The number of ketones is 1. The number of Topliss-reactive ketones (excluding diaryl/α,β-unsaturated/α-hetero) is 1. The third kappa shape index (κ3) is 4.67. The van der Waals surface area contributed by atoms with E-state index in [1.54, 1.807) is 22.8 Å². The number of carbonyl (C=O) groups is 1. The van der Waals surface area contributed by atoms with Crippen molar-refractivity contribution in [3.05, 3.63) is 42.4 Å². The van der Waals surface area contributed by atoms with Crippen LogP contribution in [-0.2, 0) is 18.3 Å². The molecule has 158 valence electrons. The topological polar surface area (TPSA) is 63.9 Å². The first-order valence-electron chi connectivity index (χ1n) is 9.84. The maximum absolute atomic E-state index is 12.8. The highest BCUT2D eigenvalue weighted by atomic mass is 19.4. The number of halogens is 3. The van der Waals surface area contributed by atoms with Gasteiger partial charge >= 0.3 is 6.18 Å². The third-order valence-corrected chi connectivity index (χ3v) is 5.51. The maximum Gasteiger partial charge on any atom is 0.391 e. The normalized spacial score (nSPS) is 16.3. The molecule has 1 aliphatic rings. The quantitative estimate of drug-likeness (QED) is 0.637. The highest BCUT2D eigenvalue weighted by Gasteiger charge is 2.41. The fourth-order valence-corrected chi connectivity index (χ4v) is 3.85. The van der Waals surface area contributed by atoms with Crippen LogP contribution in [0.3, 0.4) is 0 Å². The van der Waals surface area contributed by atoms with Crippen molar-refractivity contribution < 1.29 is 18.0 Å². The summed E-state index contributed by atoms with van der Waals surface area (Å²) in [5, 5.41) is 9.96. The van der Waals surface area contributed by atoms with Crippen molar-refractivity contribution >= 4 is 16.6 Å². The number of rotatable bonds is 5. The number of aromatic nitrogens is 4. The summed E-state index contributed by atoms with van der Waals surface area (Å²) < 4.78 is 40.0. The molecule has 0 unspecified atom stereocenters. The van der Waals surface area contributed by atoms with E-state index in [1.165, 1.54) is 0 Å². The number of benzene rings is 1. The predicted octanol–water partition coefficient (Wildman–Crippen LogP) is 3.42. The lowest BCUT2D eigenvalue weighted by Crippen LogP contribution is -2.41. The molecule has 6 nitrogen and oxygen atoms in total. The van der Waals surface area contributed by atoms with Crippen molar-refractivity contribution in [2.45, 2.75) is 25.4 Å². The van der Waals surface area contributed by atoms with E-state index in [-0.39, 0.29) is 31.6 Å². The SMILES string of the molecule is Cn1cc(-c2ccc3cnc(CC(=O)CN4CCC(C(F)(F)F)CC4)cc3c2)nn1. The Morgan fingerprint density at radius 1 is 1.17 bits per heavy atom. The van der Waals surface area contributed by atoms with Crippen LogP contribution in [0.4, 0.5) is 13.2 Å². The van der Waals surface area contributed by atoms with Gasteiger partial charge in [0.05, 0.1) is 25.1 Å². The smallest absolute Gasteiger partial charge is 0.298 e. The largest absolute Gasteiger partial charge is 0.391 e. The standard InChI is InChI=1S/C21H22F3N5O/c1-28-13-20(26-27-28)14-2-3-15-11-25-18(9-16(15)8-14)10-19(30)12-29-6-4-17(5-7-29)21(22,23)24/h2-3,8-9,11,13,17H,4-7,10,12H2,1H3. The first-order valence-corrected chi connectivity index (χ1v) is 9.84. The Bertz CT molecular complexity index is 1050. The van der Waals surface area contributed by atoms with Crippen LogP contribution in [0.1, 0.15) is 18.5 Å². The molecule has 1 fully saturated rings. The van der Waals surface area contributed by atoms with Crippen LogP contribution in [0.15, 0.2) is 36.7 Å². The Kier molecular flexibility index (Phi) is 5.55. The summed E-state index contributed by atoms with van der Waals surface area (Å²) in [6, 6.07) is 7.76. The van der Waals surface area contributed by atoms with E-state index in [2.05, 4.69) is 15.3 Å². The number of carbonyl (C=O) groups excluding carboxylic acids is 1. The number of fused-ring (bicyclic) bond motifs is 1. The fourth-order valence-electron chi connectivity index (χ4n) is 3.85. The summed E-state index contributed by atoms with van der Waals surface area (Å²) in [5.74, 6) is -1.30. The number of pyridine rings is 1. The zero-order chi connectivity index (χ0) is 21.3. The molecule has 3 aromatic rings. The van der Waals surface area contributed by atoms with Gasteiger partial charge in [0.1, 0.15) is 5.69 Å². The Balaban J connectivity index is 1.40. The summed E-state index contributed by atoms with van der Waals surface area (Å²) >= 11 is 0. The van der Waals surface area contributed by atoms with E-state index < -0.39 is 12.1 Å². The lowest BCUT2D eigenvalue weighted by Gasteiger charge is -2.32. The zero-order valence-electron chi connectivity index (χ0n) is 16.6. The molecular formula is C21H22F3N5O. The summed E-state index contributed by atoms with van der Waals surface area (Å²) in [7, 11) is 1.80. The fraction of sp³-hybridized carbons (Fsp3) is 0.429. The summed E-state index contributed by atoms with van der Waals surface area (Å²) in [4.78, 5) is 18.6. The van der Waals surface area contributed by atoms with Crippen LogP contribution < -0.4 is 0 Å². The second kappa shape index (κ2) is 8.14. The van der Waals surface area contributed by atoms with Gasteiger partial charge < -0.3 is 0 Å². The molecule has 0 atom stereocenters. The van der Waals surface area contributed by atoms with Crippen LogP contribution in [0.25, 0.3) is 22.0 Å². The van der Waals surface area contributed by atoms with Crippen molar-refractivity contribution in [3.8, 4) is 11.3 Å². The van der Waals surface area contributed by atoms with E-state index >= 15 is 0 Å². The molecular weight excluding hydrogens is 395 g/mol. The van der Waals surface area contributed by atoms with Crippen molar-refractivity contribution in [1.29, 1.82) is 0 Å². The monoisotopic (exact) mass is 417 g/mol. The minimum atomic E-state index is -4.14. The second-order valence-electron chi connectivity index (χ2n) is 7.82. The van der Waals surface area contributed by atoms with Gasteiger partial charge in [0.2, 0.25) is 0 Å². The maximum atomic E-state index is 12.8. The van der Waals surface area contributed by atoms with Gasteiger partial charge in [-0.2, -0.15) is 13.2 Å². The van der Waals surface area contributed by atoms with Gasteiger partial charge in [-0.1, -0.05) is 17.3 Å². The first-order chi connectivity index (χ1) is 14.3. The lowest BCUT2D eigenvalue weighted by atomic mass is 9.96. The van der Waals surface area contributed by atoms with Gasteiger partial charge in [0, 0.05) is 29.9 Å². The van der Waals surface area contributed by atoms with E-state index in [0.717, 1.165) is 22.0 Å². The average molecular weight is 417 g/mol. The molecule has 0 saturated carbocycles. The Labute approximate surface area is 171 Å². The highest BCUT2D eigenvalue weighted by molar-refractivity contribution is 5.88. The van der Waals surface area contributed by atoms with Gasteiger partial charge in [-0.15, -0.1) is 5.10 Å². The number of aryl methyl sites for hydroxylation is 1. The van der Waals surface area contributed by atoms with Crippen LogP contribution >= 0.6 is 0 Å². The Morgan fingerprint density at radius 3 is 2.60 bits per heavy atom. The minimum Gasteiger partial charge on any atom is -0.298 e. The molecule has 0 bridgehead atoms. The van der Waals surface area contributed by atoms with Crippen LogP contribution in [0, 0.1) is 5.92 Å². The molecule has 3 heterocycles. The molecule has 1 aliphatic heterocycles. The van der Waals surface area contributed by atoms with Gasteiger partial charge in [-0.25, -0.2) is 0 Å². The van der Waals surface area contributed by atoms with E-state index in [9.17, 15) is 18.0 Å². The number of likely N-dealkylation sites (tertiary alicyclic amines) is 1. The lowest BCUT2D eigenvalue weighted by molar-refractivity contribution is -0.185. The molecule has 0 radical (unpaired) electrons. The van der Waals surface area contributed by atoms with Crippen LogP contribution in [0.5, 0.6) is 0 Å². The van der Waals surface area contributed by atoms with Crippen molar-refractivity contribution in [3.63, 3.8) is 0 Å². The summed E-state index contributed by atoms with van der Waals surface area (Å²) in [5.41, 5.74) is 2.33. The molecule has 1 aromatic carbocycles. The summed E-state index contributed by atoms with van der Waals surface area (Å²) in [6.45, 7) is 0.745. The Morgan fingerprint density at radius 2 is 1.93 bits per heavy atom. The molecule has 0 amide bonds. The summed E-state index contributed by atoms with van der Waals surface area (Å²) in [6.07, 6.45) is -0.325. The second-order valence-corrected chi connectivity index (χ2v) is 7.82. The van der Waals surface area contributed by atoms with Crippen LogP contribution in [-0.4, -0.2) is 56.5 Å². The van der Waals surface area contributed by atoms with Gasteiger partial charge in [-0.05, 0) is 43.5 Å². The van der Waals surface area contributed by atoms with Crippen LogP contribution in [0.2, 0.25) is 0 Å². The number of nitrogens with zero attached hydrogens (tertiary/aromatic N) is 5. The van der Waals surface area contributed by atoms with Crippen molar-refractivity contribution in [2.75, 3.05) is 19.6 Å². The third-order valence-electron chi connectivity index (χ3n) is 5.51. The molecule has 0 aliphatic carbocycles. The highest BCUT2D eigenvalue weighted by Crippen LogP contribution is 2.34. The number of hydrogen-bond donors (Lipinski definition) is 0. The molecule has 9 heteroatoms. The molecule has 0 spiro atoms. The van der Waals surface area contributed by atoms with Gasteiger partial charge in [-0.3, -0.25) is 19.4 Å². The number of hydrogen-bond acceptors (Lipinski definition) is 5. The molecule has 30 heavy (non-hydrogen) atoms. The molecule has 2 aromatic heterocycles. The average Bonchev–Trinajstić information content (AvgIpc) is 3.13. The van der Waals surface area contributed by atoms with Gasteiger partial charge in [0.15, 0.2) is 5.78 Å². The van der Waals surface area contributed by atoms with Gasteiger partial charge in [0.25, 0.3) is 0 Å². The number of alkyl halides is 3. The zero-order valence-corrected chi connectivity index (χ0v) is 16.6. The van der Waals surface area contributed by atoms with E-state index in [0.29, 0.717) is 18.8 Å². The van der Waals surface area contributed by atoms with E-state index in [1.807, 2.05) is 30.5 Å². The Hall–Kier alpha value is -2.81. The first kappa shape index (κ1) is 20.5. The predicted molar refractivity (Wildman–Crippen MR) is 106 cm³/mol. The van der Waals surface area contributed by atoms with Crippen molar-refractivity contribution in [2.24, 2.45) is 13.0 Å². The van der Waals surface area contributed by atoms with Crippen molar-refractivity contribution in [1.82, 2.24) is 24.9 Å². The number of piperidine rings is 1.